The van der Waals surface area contributed by atoms with E-state index >= 15 is 0 Å². The summed E-state index contributed by atoms with van der Waals surface area (Å²) in [5, 5.41) is 32.1. The Morgan fingerprint density at radius 3 is 3.06 bits per heavy atom. The molecule has 0 spiro atoms. The van der Waals surface area contributed by atoms with Gasteiger partial charge in [0.1, 0.15) is 0 Å². The van der Waals surface area contributed by atoms with Crippen molar-refractivity contribution in [2.24, 2.45) is 0 Å². The molecule has 0 saturated heterocycles. The Morgan fingerprint density at radius 2 is 2.31 bits per heavy atom. The van der Waals surface area contributed by atoms with Crippen LogP contribution in [0.15, 0.2) is 4.52 Å². The molecule has 0 aliphatic heterocycles. The Kier molecular flexibility index (Phi) is 1.63. The first kappa shape index (κ1) is 9.04. The molecular formula is C8H6N4O4. The number of carboxylic acids is 1. The van der Waals surface area contributed by atoms with Gasteiger partial charge < -0.3 is 14.7 Å². The van der Waals surface area contributed by atoms with Crippen molar-refractivity contribution in [1.29, 1.82) is 0 Å². The van der Waals surface area contributed by atoms with Crippen molar-refractivity contribution >= 4 is 5.97 Å². The van der Waals surface area contributed by atoms with Crippen molar-refractivity contribution in [3.63, 3.8) is 0 Å². The molecular weight excluding hydrogens is 216 g/mol. The molecule has 0 aromatic carbocycles. The number of nitrogens with one attached hydrogen (secondary N) is 1. The Labute approximate surface area is 87.9 Å². The number of aromatic carboxylic acids is 1. The molecule has 82 valence electrons. The minimum Gasteiger partial charge on any atom is -0.476 e. The third kappa shape index (κ3) is 1.01. The smallest absolute Gasteiger partial charge is 0.358 e. The first-order chi connectivity index (χ1) is 7.68. The van der Waals surface area contributed by atoms with E-state index in [4.69, 9.17) is 9.63 Å². The largest absolute Gasteiger partial charge is 0.476 e. The van der Waals surface area contributed by atoms with Crippen LogP contribution in [0, 0.1) is 0 Å². The quantitative estimate of drug-likeness (QED) is 0.607. The molecule has 16 heavy (non-hydrogen) atoms. The molecule has 1 aliphatic carbocycles. The van der Waals surface area contributed by atoms with Gasteiger partial charge in [0.15, 0.2) is 17.1 Å². The van der Waals surface area contributed by atoms with Crippen LogP contribution in [0.4, 0.5) is 0 Å². The number of carbonyl (C=O) groups is 1. The number of hydrogen-bond donors (Lipinski definition) is 3. The van der Waals surface area contributed by atoms with Gasteiger partial charge in [-0.15, -0.1) is 0 Å². The highest BCUT2D eigenvalue weighted by Gasteiger charge is 2.35. The topological polar surface area (TPSA) is 125 Å². The minimum absolute atomic E-state index is 0.161. The summed E-state index contributed by atoms with van der Waals surface area (Å²) in [5.74, 6) is -1.07. The van der Waals surface area contributed by atoms with Crippen LogP contribution in [0.3, 0.4) is 0 Å². The average molecular weight is 222 g/mol. The fraction of sp³-hybridized carbons (Fsp3) is 0.250. The van der Waals surface area contributed by atoms with Crippen LogP contribution in [0.5, 0.6) is 0 Å². The molecule has 1 aliphatic rings. The van der Waals surface area contributed by atoms with Gasteiger partial charge in [-0.05, 0) is 0 Å². The summed E-state index contributed by atoms with van der Waals surface area (Å²) in [7, 11) is 0. The zero-order valence-corrected chi connectivity index (χ0v) is 7.84. The van der Waals surface area contributed by atoms with E-state index in [0.717, 1.165) is 0 Å². The van der Waals surface area contributed by atoms with Crippen molar-refractivity contribution < 1.29 is 19.5 Å². The number of nitrogens with zero attached hydrogens (tertiary/aromatic N) is 3. The third-order valence-corrected chi connectivity index (χ3v) is 2.49. The van der Waals surface area contributed by atoms with E-state index in [1.54, 1.807) is 0 Å². The second kappa shape index (κ2) is 2.89. The summed E-state index contributed by atoms with van der Waals surface area (Å²) in [4.78, 5) is 10.9. The van der Waals surface area contributed by atoms with Gasteiger partial charge in [-0.25, -0.2) is 4.79 Å². The van der Waals surface area contributed by atoms with Crippen LogP contribution >= 0.6 is 0 Å². The first-order valence-corrected chi connectivity index (χ1v) is 4.49. The summed E-state index contributed by atoms with van der Waals surface area (Å²) in [6, 6.07) is 0. The molecule has 0 amide bonds. The van der Waals surface area contributed by atoms with Crippen LogP contribution in [0.2, 0.25) is 0 Å². The molecule has 8 nitrogen and oxygen atoms in total. The summed E-state index contributed by atoms with van der Waals surface area (Å²) in [6.45, 7) is 0. The van der Waals surface area contributed by atoms with Gasteiger partial charge in [-0.2, -0.15) is 15.4 Å². The van der Waals surface area contributed by atoms with Crippen LogP contribution in [-0.2, 0) is 6.42 Å². The number of aliphatic hydroxyl groups is 1. The van der Waals surface area contributed by atoms with E-state index in [-0.39, 0.29) is 23.4 Å². The second-order valence-corrected chi connectivity index (χ2v) is 3.42. The van der Waals surface area contributed by atoms with Gasteiger partial charge in [0.25, 0.3) is 0 Å². The van der Waals surface area contributed by atoms with Crippen molar-refractivity contribution in [2.45, 2.75) is 12.5 Å². The number of rotatable bonds is 1. The Balaban J connectivity index is 2.27. The Morgan fingerprint density at radius 1 is 1.50 bits per heavy atom. The van der Waals surface area contributed by atoms with E-state index < -0.39 is 12.1 Å². The van der Waals surface area contributed by atoms with Gasteiger partial charge in [0.05, 0.1) is 17.4 Å². The number of aliphatic hydroxyl groups excluding tert-OH is 1. The lowest BCUT2D eigenvalue weighted by atomic mass is 9.94. The molecule has 0 saturated carbocycles. The fourth-order valence-corrected chi connectivity index (χ4v) is 1.79. The number of H-pyrrole nitrogens is 1. The van der Waals surface area contributed by atoms with Crippen LogP contribution in [0.25, 0.3) is 11.5 Å². The Bertz CT molecular complexity index is 572. The number of hydrogen-bond acceptors (Lipinski definition) is 6. The van der Waals surface area contributed by atoms with E-state index in [9.17, 15) is 9.90 Å². The number of aromatic nitrogens is 4. The molecule has 3 rings (SSSR count). The zero-order chi connectivity index (χ0) is 11.3. The van der Waals surface area contributed by atoms with Gasteiger partial charge >= 0.3 is 5.97 Å². The van der Waals surface area contributed by atoms with E-state index in [1.807, 2.05) is 0 Å². The molecule has 1 unspecified atom stereocenters. The molecule has 8 heteroatoms. The fourth-order valence-electron chi connectivity index (χ4n) is 1.79. The van der Waals surface area contributed by atoms with Crippen molar-refractivity contribution in [1.82, 2.24) is 20.6 Å². The molecule has 2 aromatic rings. The summed E-state index contributed by atoms with van der Waals surface area (Å²) in [6.07, 6.45) is -0.787. The number of fused-ring (bicyclic) bond motifs is 3. The second-order valence-electron chi connectivity index (χ2n) is 3.42. The minimum atomic E-state index is -1.24. The van der Waals surface area contributed by atoms with Crippen molar-refractivity contribution in [3.05, 3.63) is 17.0 Å². The molecule has 0 bridgehead atoms. The predicted octanol–water partition coefficient (Wildman–Crippen LogP) is -0.253. The summed E-state index contributed by atoms with van der Waals surface area (Å²) in [5.41, 5.74) is 0.818. The van der Waals surface area contributed by atoms with Gasteiger partial charge in [0.2, 0.25) is 0 Å². The maximum absolute atomic E-state index is 10.9. The van der Waals surface area contributed by atoms with Gasteiger partial charge in [0, 0.05) is 6.42 Å². The number of aromatic amines is 1. The highest BCUT2D eigenvalue weighted by Crippen LogP contribution is 2.38. The van der Waals surface area contributed by atoms with Gasteiger partial charge in [-0.1, -0.05) is 5.16 Å². The lowest BCUT2D eigenvalue weighted by Crippen LogP contribution is -2.13. The molecule has 1 atom stereocenters. The maximum Gasteiger partial charge on any atom is 0.358 e. The molecule has 2 aromatic heterocycles. The lowest BCUT2D eigenvalue weighted by Gasteiger charge is -2.13. The lowest BCUT2D eigenvalue weighted by molar-refractivity contribution is 0.0678. The monoisotopic (exact) mass is 222 g/mol. The number of carboxylic acid groups (broad SMARTS) is 1. The highest BCUT2D eigenvalue weighted by molar-refractivity contribution is 5.89. The molecule has 2 heterocycles. The third-order valence-electron chi connectivity index (χ3n) is 2.49. The van der Waals surface area contributed by atoms with Crippen LogP contribution < -0.4 is 0 Å². The standard InChI is InChI=1S/C8H6N4O4/c13-3-1-2-5(10-12-9-2)7-4(3)6(8(14)15)11-16-7/h3,13H,1H2,(H,14,15)(H,9,10,12). The first-order valence-electron chi connectivity index (χ1n) is 4.49. The molecule has 3 N–H and O–H groups in total. The average Bonchev–Trinajstić information content (AvgIpc) is 2.80. The SMILES string of the molecule is O=C(O)c1noc2c1C(O)Cc1n[nH]nc1-2. The maximum atomic E-state index is 10.9. The molecule has 0 radical (unpaired) electrons. The molecule has 0 fully saturated rings. The summed E-state index contributed by atoms with van der Waals surface area (Å²) >= 11 is 0. The highest BCUT2D eigenvalue weighted by atomic mass is 16.5. The normalized spacial score (nSPS) is 17.9. The van der Waals surface area contributed by atoms with E-state index in [0.29, 0.717) is 11.4 Å². The van der Waals surface area contributed by atoms with Gasteiger partial charge in [-0.3, -0.25) is 0 Å². The summed E-state index contributed by atoms with van der Waals surface area (Å²) < 4.78 is 4.89. The van der Waals surface area contributed by atoms with Crippen LogP contribution in [0.1, 0.15) is 27.8 Å². The van der Waals surface area contributed by atoms with Crippen molar-refractivity contribution in [2.75, 3.05) is 0 Å². The predicted molar refractivity (Wildman–Crippen MR) is 47.5 cm³/mol. The van der Waals surface area contributed by atoms with E-state index in [2.05, 4.69) is 20.6 Å². The van der Waals surface area contributed by atoms with Crippen molar-refractivity contribution in [3.8, 4) is 11.5 Å². The zero-order valence-electron chi connectivity index (χ0n) is 7.84. The van der Waals surface area contributed by atoms with E-state index in [1.165, 1.54) is 0 Å². The Hall–Kier alpha value is -2.22. The van der Waals surface area contributed by atoms with Crippen LogP contribution in [-0.4, -0.2) is 36.7 Å².